The van der Waals surface area contributed by atoms with E-state index in [1.807, 2.05) is 24.3 Å². The molecule has 2 aliphatic carbocycles. The largest absolute Gasteiger partial charge is 0.480 e. The number of hydrogen-bond donors (Lipinski definition) is 2. The number of ether oxygens (including phenoxy) is 2. The fourth-order valence-electron chi connectivity index (χ4n) is 5.37. The lowest BCUT2D eigenvalue weighted by molar-refractivity contribution is -0.156. The van der Waals surface area contributed by atoms with E-state index in [0.29, 0.717) is 26.1 Å². The number of nitrogens with one attached hydrogen (secondary N) is 1. The zero-order valence-electron chi connectivity index (χ0n) is 19.6. The smallest absolute Gasteiger partial charge is 0.407 e. The van der Waals surface area contributed by atoms with Crippen LogP contribution in [0.3, 0.4) is 0 Å². The van der Waals surface area contributed by atoms with E-state index in [4.69, 9.17) is 14.6 Å². The molecule has 0 atom stereocenters. The van der Waals surface area contributed by atoms with E-state index in [1.165, 1.54) is 22.3 Å². The van der Waals surface area contributed by atoms with Crippen LogP contribution >= 0.6 is 0 Å². The van der Waals surface area contributed by atoms with Gasteiger partial charge in [0.25, 0.3) is 0 Å². The first-order valence-corrected chi connectivity index (χ1v) is 12.1. The molecule has 1 saturated heterocycles. The molecule has 2 aromatic carbocycles. The molecule has 35 heavy (non-hydrogen) atoms. The lowest BCUT2D eigenvalue weighted by atomic mass is 9.66. The molecule has 1 aliphatic heterocycles. The molecule has 3 aliphatic rings. The number of carbonyl (C=O) groups excluding carboxylic acids is 2. The maximum atomic E-state index is 12.7. The Bertz CT molecular complexity index is 1080. The van der Waals surface area contributed by atoms with Gasteiger partial charge in [0.05, 0.1) is 6.10 Å². The van der Waals surface area contributed by atoms with Crippen LogP contribution in [-0.2, 0) is 19.1 Å². The minimum absolute atomic E-state index is 0.00935. The van der Waals surface area contributed by atoms with Crippen LogP contribution in [0.15, 0.2) is 48.5 Å². The topological polar surface area (TPSA) is 105 Å². The summed E-state index contributed by atoms with van der Waals surface area (Å²) in [6, 6.07) is 16.4. The molecule has 0 aromatic heterocycles. The van der Waals surface area contributed by atoms with Gasteiger partial charge < -0.3 is 24.8 Å². The highest BCUT2D eigenvalue weighted by molar-refractivity contribution is 5.79. The summed E-state index contributed by atoms with van der Waals surface area (Å²) >= 11 is 0. The molecule has 2 N–H and O–H groups in total. The molecular formula is C27H30N2O6. The van der Waals surface area contributed by atoms with Gasteiger partial charge in [-0.3, -0.25) is 4.79 Å². The molecule has 1 heterocycles. The number of hydrogen-bond acceptors (Lipinski definition) is 5. The summed E-state index contributed by atoms with van der Waals surface area (Å²) in [5.74, 6) is -0.980. The molecule has 5 rings (SSSR count). The van der Waals surface area contributed by atoms with Crippen molar-refractivity contribution in [2.75, 3.05) is 32.8 Å². The zero-order valence-corrected chi connectivity index (χ0v) is 19.6. The molecular weight excluding hydrogens is 448 g/mol. The van der Waals surface area contributed by atoms with Crippen LogP contribution in [0.25, 0.3) is 11.1 Å². The van der Waals surface area contributed by atoms with Gasteiger partial charge in [0.15, 0.2) is 0 Å². The van der Waals surface area contributed by atoms with Gasteiger partial charge in [-0.25, -0.2) is 9.59 Å². The van der Waals surface area contributed by atoms with Gasteiger partial charge in [-0.15, -0.1) is 0 Å². The molecule has 2 aromatic rings. The van der Waals surface area contributed by atoms with E-state index in [2.05, 4.69) is 29.6 Å². The van der Waals surface area contributed by atoms with E-state index < -0.39 is 12.1 Å². The SMILES string of the molecule is O=C(O)COC1CN(C(=O)CC2(CNC(=O)OCC3c4ccccc4-c4ccccc43)CCC2)C1. The Balaban J connectivity index is 1.10. The standard InChI is InChI=1S/C27H30N2O6/c30-24(29-13-18(14-29)34-16-25(31)32)12-27(10-5-11-27)17-28-26(33)35-15-23-21-8-3-1-6-19(21)20-7-2-4-9-22(20)23/h1-4,6-9,18,23H,5,10-17H2,(H,28,33)(H,31,32). The number of likely N-dealkylation sites (tertiary alicyclic amines) is 1. The van der Waals surface area contributed by atoms with Crippen LogP contribution < -0.4 is 5.32 Å². The average Bonchev–Trinajstić information content (AvgIpc) is 3.12. The fourth-order valence-corrected chi connectivity index (χ4v) is 5.37. The van der Waals surface area contributed by atoms with Crippen LogP contribution in [0.2, 0.25) is 0 Å². The van der Waals surface area contributed by atoms with Crippen molar-refractivity contribution in [3.8, 4) is 11.1 Å². The van der Waals surface area contributed by atoms with E-state index in [0.717, 1.165) is 19.3 Å². The summed E-state index contributed by atoms with van der Waals surface area (Å²) in [5.41, 5.74) is 4.47. The number of benzene rings is 2. The second-order valence-electron chi connectivity index (χ2n) is 9.83. The molecule has 184 valence electrons. The van der Waals surface area contributed by atoms with Gasteiger partial charge in [-0.05, 0) is 40.5 Å². The highest BCUT2D eigenvalue weighted by Crippen LogP contribution is 2.45. The molecule has 2 fully saturated rings. The van der Waals surface area contributed by atoms with Crippen molar-refractivity contribution in [2.45, 2.75) is 37.7 Å². The van der Waals surface area contributed by atoms with Gasteiger partial charge in [0.1, 0.15) is 13.2 Å². The number of carbonyl (C=O) groups is 3. The molecule has 2 amide bonds. The average molecular weight is 479 g/mol. The lowest BCUT2D eigenvalue weighted by Crippen LogP contribution is -2.57. The predicted molar refractivity (Wildman–Crippen MR) is 128 cm³/mol. The second kappa shape index (κ2) is 9.70. The number of carboxylic acid groups (broad SMARTS) is 1. The third-order valence-electron chi connectivity index (χ3n) is 7.54. The van der Waals surface area contributed by atoms with Crippen molar-refractivity contribution in [1.82, 2.24) is 10.2 Å². The Labute approximate surface area is 204 Å². The molecule has 0 bridgehead atoms. The highest BCUT2D eigenvalue weighted by atomic mass is 16.5. The molecule has 8 heteroatoms. The van der Waals surface area contributed by atoms with Gasteiger partial charge in [0, 0.05) is 32.0 Å². The zero-order chi connectivity index (χ0) is 24.4. The van der Waals surface area contributed by atoms with E-state index in [9.17, 15) is 14.4 Å². The molecule has 0 spiro atoms. The predicted octanol–water partition coefficient (Wildman–Crippen LogP) is 3.40. The molecule has 1 saturated carbocycles. The molecule has 0 unspecified atom stereocenters. The van der Waals surface area contributed by atoms with Crippen molar-refractivity contribution in [1.29, 1.82) is 0 Å². The Morgan fingerprint density at radius 1 is 1.00 bits per heavy atom. The highest BCUT2D eigenvalue weighted by Gasteiger charge is 2.42. The number of rotatable bonds is 9. The monoisotopic (exact) mass is 478 g/mol. The summed E-state index contributed by atoms with van der Waals surface area (Å²) in [4.78, 5) is 37.6. The Kier molecular flexibility index (Phi) is 6.47. The van der Waals surface area contributed by atoms with E-state index >= 15 is 0 Å². The first-order chi connectivity index (χ1) is 16.9. The number of alkyl carbamates (subject to hydrolysis) is 1. The minimum Gasteiger partial charge on any atom is -0.480 e. The Hall–Kier alpha value is -3.39. The van der Waals surface area contributed by atoms with Gasteiger partial charge in [-0.1, -0.05) is 55.0 Å². The number of amides is 2. The van der Waals surface area contributed by atoms with Gasteiger partial charge in [0.2, 0.25) is 5.91 Å². The number of nitrogens with zero attached hydrogens (tertiary/aromatic N) is 1. The Morgan fingerprint density at radius 2 is 1.63 bits per heavy atom. The second-order valence-corrected chi connectivity index (χ2v) is 9.83. The Morgan fingerprint density at radius 3 is 2.20 bits per heavy atom. The van der Waals surface area contributed by atoms with Crippen LogP contribution in [0.5, 0.6) is 0 Å². The van der Waals surface area contributed by atoms with Crippen LogP contribution in [-0.4, -0.2) is 66.9 Å². The lowest BCUT2D eigenvalue weighted by Gasteiger charge is -2.45. The van der Waals surface area contributed by atoms with Crippen LogP contribution in [0, 0.1) is 5.41 Å². The number of aliphatic carboxylic acids is 1. The quantitative estimate of drug-likeness (QED) is 0.572. The van der Waals surface area contributed by atoms with Crippen LogP contribution in [0.1, 0.15) is 42.7 Å². The van der Waals surface area contributed by atoms with Crippen LogP contribution in [0.4, 0.5) is 4.79 Å². The minimum atomic E-state index is -1.01. The van der Waals surface area contributed by atoms with Crippen molar-refractivity contribution in [3.63, 3.8) is 0 Å². The maximum Gasteiger partial charge on any atom is 0.407 e. The first kappa shape index (κ1) is 23.4. The van der Waals surface area contributed by atoms with E-state index in [1.54, 1.807) is 4.90 Å². The van der Waals surface area contributed by atoms with Crippen molar-refractivity contribution < 1.29 is 29.0 Å². The van der Waals surface area contributed by atoms with Gasteiger partial charge >= 0.3 is 12.1 Å². The first-order valence-electron chi connectivity index (χ1n) is 12.1. The number of fused-ring (bicyclic) bond motifs is 3. The van der Waals surface area contributed by atoms with Crippen molar-refractivity contribution in [3.05, 3.63) is 59.7 Å². The molecule has 8 nitrogen and oxygen atoms in total. The summed E-state index contributed by atoms with van der Waals surface area (Å²) in [5, 5.41) is 11.6. The summed E-state index contributed by atoms with van der Waals surface area (Å²) < 4.78 is 10.9. The van der Waals surface area contributed by atoms with Crippen molar-refractivity contribution in [2.24, 2.45) is 5.41 Å². The normalized spacial score (nSPS) is 18.1. The summed E-state index contributed by atoms with van der Waals surface area (Å²) in [7, 11) is 0. The summed E-state index contributed by atoms with van der Waals surface area (Å²) in [6.07, 6.45) is 2.49. The van der Waals surface area contributed by atoms with E-state index in [-0.39, 0.29) is 36.6 Å². The third kappa shape index (κ3) is 4.89. The van der Waals surface area contributed by atoms with Gasteiger partial charge in [-0.2, -0.15) is 0 Å². The fraction of sp³-hybridized carbons (Fsp3) is 0.444. The van der Waals surface area contributed by atoms with Crippen molar-refractivity contribution >= 4 is 18.0 Å². The third-order valence-corrected chi connectivity index (χ3v) is 7.54. The number of carboxylic acids is 1. The molecule has 0 radical (unpaired) electrons. The maximum absolute atomic E-state index is 12.7. The summed E-state index contributed by atoms with van der Waals surface area (Å²) in [6.45, 7) is 1.16.